The van der Waals surface area contributed by atoms with E-state index in [0.717, 1.165) is 29.2 Å². The number of hydrogen-bond donors (Lipinski definition) is 14. The van der Waals surface area contributed by atoms with Gasteiger partial charge in [0.2, 0.25) is 0 Å². The standard InChI is InChI=1S/C15H12N4O9S3.C14H10N4O9S3.C14H10N4O6S2.C14H10N4O3S/c1-6-2-8-12(10(3-6)30(22,23)24)18-14(16-8)15-17-9-4-7(28-29(20)21)5-11(13(9)19-15)31(25,26)27;19-28(20)27-6-1-2-8-9(3-6)16-13(15-8)14-17-10-4-7(29(21,22)23)5-11(12(10)18-14)30(24,25)26;19-25(20)24-7-1-3-9-11(5-7)17-13(15-9)14-16-10-4-2-8(26(21,22)23)6-12(10)18-14;19-22(20,21)8-5-6-11-12(7-8)18-14(17-11)13-15-9-3-1-2-4-10(9)16-13/h2-5H,1H3,(H,16,18)(H,17,19)(H,20,21)(H,22,23,24)(H,25,26,27);1-5H,(H,15,16)(H,17,18)(H,19,20)(H,21,22,23)(H,24,25,26);1-6H,(H,15,17)(H,16,18)(H,19,20)(H,21,22,23);1-7H,(H,15,16)(H,17,18)(H,19,20,21)/p-3. The normalized spacial score (nSPS) is 13.3. The second-order valence-corrected chi connectivity index (χ2v) is 32.6. The first-order valence-electron chi connectivity index (χ1n) is 29.3. The van der Waals surface area contributed by atoms with E-state index < -0.39 is 120 Å². The molecule has 0 saturated heterocycles. The third kappa shape index (κ3) is 16.7. The fourth-order valence-corrected chi connectivity index (χ4v) is 15.1. The molecule has 0 fully saturated rings. The Morgan fingerprint density at radius 1 is 0.294 bits per heavy atom. The minimum absolute atomic E-state index is 0.0158. The topological polar surface area (TPSA) is 704 Å². The number of benzene rings is 8. The molecule has 0 bridgehead atoms. The van der Waals surface area contributed by atoms with Crippen LogP contribution in [0.1, 0.15) is 5.56 Å². The zero-order valence-corrected chi connectivity index (χ0v) is 60.6. The zero-order valence-electron chi connectivity index (χ0n) is 53.2. The minimum atomic E-state index is -4.89. The predicted octanol–water partition coefficient (Wildman–Crippen LogP) is 5.73. The summed E-state index contributed by atoms with van der Waals surface area (Å²) in [6, 6.07) is 30.6. The number of hydrogen-bond acceptors (Lipinski definition) is 29. The van der Waals surface area contributed by atoms with Gasteiger partial charge in [-0.1, -0.05) is 12.1 Å². The van der Waals surface area contributed by atoms with E-state index in [1.807, 2.05) is 24.3 Å². The molecule has 0 saturated carbocycles. The van der Waals surface area contributed by atoms with Crippen molar-refractivity contribution in [3.05, 3.63) is 139 Å². The van der Waals surface area contributed by atoms with Gasteiger partial charge in [0.15, 0.2) is 46.6 Å². The molecular weight excluding hydrogens is 1630 g/mol. The summed E-state index contributed by atoms with van der Waals surface area (Å²) < 4.78 is 271. The largest absolute Gasteiger partial charge is 0.740 e. The van der Waals surface area contributed by atoms with E-state index in [4.69, 9.17) is 9.11 Å². The second-order valence-electron chi connectivity index (χ2n) is 22.4. The molecule has 0 radical (unpaired) electrons. The highest BCUT2D eigenvalue weighted by molar-refractivity contribution is 7.87. The van der Waals surface area contributed by atoms with Gasteiger partial charge in [-0.2, -0.15) is 50.5 Å². The van der Waals surface area contributed by atoms with Gasteiger partial charge in [-0.05, 0) is 110 Å². The van der Waals surface area contributed by atoms with Crippen molar-refractivity contribution < 1.29 is 117 Å². The molecule has 3 atom stereocenters. The summed E-state index contributed by atoms with van der Waals surface area (Å²) in [6.45, 7) is 1.61. The zero-order chi connectivity index (χ0) is 78.4. The highest BCUT2D eigenvalue weighted by Gasteiger charge is 2.27. The maximum absolute atomic E-state index is 11.7. The maximum Gasteiger partial charge on any atom is 0.296 e. The molecule has 8 heterocycles. The van der Waals surface area contributed by atoms with Crippen LogP contribution in [-0.2, 0) is 94.8 Å². The van der Waals surface area contributed by atoms with Gasteiger partial charge in [-0.15, -0.1) is 0 Å². The fraction of sp³-hybridized carbons (Fsp3) is 0.0175. The third-order valence-corrected chi connectivity index (χ3v) is 21.2. The number of nitrogens with one attached hydrogen (secondary N) is 8. The molecule has 43 nitrogen and oxygen atoms in total. The van der Waals surface area contributed by atoms with Crippen LogP contribution in [0.25, 0.3) is 135 Å². The van der Waals surface area contributed by atoms with Crippen molar-refractivity contribution >= 4 is 183 Å². The quantitative estimate of drug-likeness (QED) is 0.0405. The Labute approximate surface area is 614 Å². The van der Waals surface area contributed by atoms with Crippen molar-refractivity contribution in [2.45, 2.75) is 36.3 Å². The first-order valence-corrected chi connectivity index (χ1v) is 40.9. The average Bonchev–Trinajstić information content (AvgIpc) is 1.64. The van der Waals surface area contributed by atoms with E-state index in [1.54, 1.807) is 19.1 Å². The van der Waals surface area contributed by atoms with E-state index >= 15 is 0 Å². The van der Waals surface area contributed by atoms with Gasteiger partial charge in [0.1, 0.15) is 82.6 Å². The summed E-state index contributed by atoms with van der Waals surface area (Å²) in [5, 5.41) is 0. The number of aromatic amines is 8. The summed E-state index contributed by atoms with van der Waals surface area (Å²) in [5.41, 5.74) is 5.56. The summed E-state index contributed by atoms with van der Waals surface area (Å²) in [6.07, 6.45) is 0. The molecule has 8 aromatic carbocycles. The number of H-pyrrole nitrogens is 8. The van der Waals surface area contributed by atoms with Crippen LogP contribution in [-0.4, -0.2) is 184 Å². The van der Waals surface area contributed by atoms with Crippen molar-refractivity contribution in [2.24, 2.45) is 0 Å². The molecule has 0 aliphatic heterocycles. The maximum atomic E-state index is 11.7. The molecule has 0 aliphatic rings. The molecule has 0 spiro atoms. The van der Waals surface area contributed by atoms with Crippen LogP contribution in [0.4, 0.5) is 0 Å². The Balaban J connectivity index is 0.000000129. The smallest absolute Gasteiger partial charge is 0.296 e. The van der Waals surface area contributed by atoms with Gasteiger partial charge >= 0.3 is 0 Å². The van der Waals surface area contributed by atoms with Crippen LogP contribution < -0.4 is 12.5 Å². The lowest BCUT2D eigenvalue weighted by molar-refractivity contribution is 0.438. The van der Waals surface area contributed by atoms with E-state index in [2.05, 4.69) is 92.3 Å². The molecule has 8 aromatic heterocycles. The molecule has 566 valence electrons. The van der Waals surface area contributed by atoms with E-state index in [9.17, 15) is 95.0 Å². The Bertz CT molecular complexity index is 7220. The number of rotatable bonds is 16. The molecular formula is C57H39N16O27S9-3. The van der Waals surface area contributed by atoms with Crippen molar-refractivity contribution in [3.63, 3.8) is 0 Å². The number of aromatic nitrogens is 16. The molecule has 16 aromatic rings. The highest BCUT2D eigenvalue weighted by atomic mass is 32.2. The highest BCUT2D eigenvalue weighted by Crippen LogP contribution is 2.35. The van der Waals surface area contributed by atoms with Crippen LogP contribution in [0.5, 0.6) is 17.2 Å². The van der Waals surface area contributed by atoms with Gasteiger partial charge in [0, 0.05) is 24.3 Å². The number of nitrogens with zero attached hydrogens (tertiary/aromatic N) is 8. The van der Waals surface area contributed by atoms with E-state index in [0.29, 0.717) is 79.1 Å². The Morgan fingerprint density at radius 2 is 0.578 bits per heavy atom. The lowest BCUT2D eigenvalue weighted by Gasteiger charge is -2.08. The Morgan fingerprint density at radius 3 is 0.954 bits per heavy atom. The van der Waals surface area contributed by atoms with E-state index in [-0.39, 0.29) is 77.7 Å². The van der Waals surface area contributed by atoms with Crippen molar-refractivity contribution in [2.75, 3.05) is 0 Å². The van der Waals surface area contributed by atoms with Gasteiger partial charge < -0.3 is 66.1 Å². The minimum Gasteiger partial charge on any atom is -0.740 e. The predicted molar refractivity (Wildman–Crippen MR) is 377 cm³/mol. The summed E-state index contributed by atoms with van der Waals surface area (Å²) in [5.74, 6) is 1.51. The molecule has 0 amide bonds. The van der Waals surface area contributed by atoms with Gasteiger partial charge in [-0.25, -0.2) is 52.5 Å². The number of para-hydroxylation sites is 2. The second kappa shape index (κ2) is 28.4. The van der Waals surface area contributed by atoms with Crippen LogP contribution in [0.3, 0.4) is 0 Å². The third-order valence-electron chi connectivity index (χ3n) is 15.1. The number of imidazole rings is 8. The molecule has 3 unspecified atom stereocenters. The number of aryl methyl sites for hydroxylation is 1. The Hall–Kier alpha value is -11.3. The van der Waals surface area contributed by atoms with Gasteiger partial charge in [0.05, 0.1) is 86.4 Å². The van der Waals surface area contributed by atoms with Crippen LogP contribution in [0.2, 0.25) is 0 Å². The van der Waals surface area contributed by atoms with Crippen LogP contribution in [0.15, 0.2) is 163 Å². The van der Waals surface area contributed by atoms with Gasteiger partial charge in [-0.3, -0.25) is 27.3 Å². The molecule has 52 heteroatoms. The summed E-state index contributed by atoms with van der Waals surface area (Å²) in [7, 11) is -27.6. The molecule has 14 N–H and O–H groups in total. The van der Waals surface area contributed by atoms with Crippen molar-refractivity contribution in [3.8, 4) is 63.8 Å². The first-order chi connectivity index (χ1) is 51.0. The van der Waals surface area contributed by atoms with E-state index in [1.165, 1.54) is 72.8 Å². The summed E-state index contributed by atoms with van der Waals surface area (Å²) >= 11 is -8.46. The Kier molecular flexibility index (Phi) is 19.8. The average molecular weight is 1670 g/mol. The molecule has 0 aliphatic carbocycles. The molecule has 16 rings (SSSR count). The van der Waals surface area contributed by atoms with Crippen LogP contribution >= 0.6 is 0 Å². The van der Waals surface area contributed by atoms with Crippen molar-refractivity contribution in [1.82, 2.24) is 79.7 Å². The van der Waals surface area contributed by atoms with Crippen molar-refractivity contribution in [1.29, 1.82) is 0 Å². The first kappa shape index (κ1) is 75.9. The molecule has 109 heavy (non-hydrogen) atoms. The van der Waals surface area contributed by atoms with Gasteiger partial charge in [0.25, 0.3) is 60.7 Å². The SMILES string of the molecule is Cc1cc(S(=O)(=O)O)c2nc(-c3nc4c(S(=O)(=O)O)cc(OS(=O)[O-])cc4[nH]3)[nH]c2c1.O=S(=O)(O)c1ccc2nc(-c3nc4ccccc4[nH]3)[nH]c2c1.O=S([O-])Oc1ccc2nc(-c3nc4c(S(=O)(=O)O)cc(S(=O)(=O)O)cc4[nH]3)[nH]c2c1.O=S([O-])Oc1ccc2nc(-c3nc4ccc(S(=O)(=O)O)cc4[nH]3)[nH]c2c1. The lowest BCUT2D eigenvalue weighted by Crippen LogP contribution is -2.04. The monoisotopic (exact) mass is 1670 g/mol. The fourth-order valence-electron chi connectivity index (χ4n) is 10.6. The number of fused-ring (bicyclic) bond motifs is 8. The lowest BCUT2D eigenvalue weighted by atomic mass is 10.2. The van der Waals surface area contributed by atoms with Crippen LogP contribution in [0, 0.1) is 6.92 Å². The summed E-state index contributed by atoms with van der Waals surface area (Å²) in [4.78, 5) is 53.8.